The number of benzene rings is 1. The molecule has 0 N–H and O–H groups in total. The van der Waals surface area contributed by atoms with Gasteiger partial charge in [-0.1, -0.05) is 29.8 Å². The summed E-state index contributed by atoms with van der Waals surface area (Å²) in [5, 5.41) is 0. The van der Waals surface area contributed by atoms with Crippen molar-refractivity contribution in [2.24, 2.45) is 0 Å². The fraction of sp³-hybridized carbons (Fsp3) is 0.417. The zero-order valence-corrected chi connectivity index (χ0v) is 9.71. The first-order valence-electron chi connectivity index (χ1n) is 5.18. The Morgan fingerprint density at radius 2 is 2.00 bits per heavy atom. The molecule has 5 heteroatoms. The molecule has 0 atom stereocenters. The standard InChI is InChI=1S/C12H14F3NO/c1-9-4-3-5-10(8-9)6-7-16(2)11(17)12(13,14)15/h3-5,8H,6-7H2,1-2H3. The van der Waals surface area contributed by atoms with Gasteiger partial charge in [-0.2, -0.15) is 13.2 Å². The number of rotatable bonds is 3. The zero-order chi connectivity index (χ0) is 13.1. The van der Waals surface area contributed by atoms with E-state index in [2.05, 4.69) is 0 Å². The first-order chi connectivity index (χ1) is 7.80. The normalized spacial score (nSPS) is 11.4. The van der Waals surface area contributed by atoms with E-state index in [1.54, 1.807) is 0 Å². The Kier molecular flexibility index (Phi) is 4.15. The molecule has 1 aromatic rings. The third-order valence-electron chi connectivity index (χ3n) is 2.41. The Balaban J connectivity index is 2.54. The van der Waals surface area contributed by atoms with Crippen LogP contribution < -0.4 is 0 Å². The second-order valence-corrected chi connectivity index (χ2v) is 3.96. The summed E-state index contributed by atoms with van der Waals surface area (Å²) in [5.41, 5.74) is 1.97. The summed E-state index contributed by atoms with van der Waals surface area (Å²) in [5.74, 6) is -1.80. The van der Waals surface area contributed by atoms with Crippen LogP contribution in [-0.4, -0.2) is 30.6 Å². The minimum Gasteiger partial charge on any atom is -0.338 e. The van der Waals surface area contributed by atoms with Gasteiger partial charge in [0.05, 0.1) is 0 Å². The lowest BCUT2D eigenvalue weighted by atomic mass is 10.1. The number of amides is 1. The Morgan fingerprint density at radius 1 is 1.35 bits per heavy atom. The Labute approximate surface area is 98.0 Å². The number of likely N-dealkylation sites (N-methyl/N-ethyl adjacent to an activating group) is 1. The molecule has 1 amide bonds. The van der Waals surface area contributed by atoms with Crippen LogP contribution in [0.3, 0.4) is 0 Å². The highest BCUT2D eigenvalue weighted by Crippen LogP contribution is 2.17. The molecule has 0 aliphatic carbocycles. The number of alkyl halides is 3. The molecule has 1 aromatic carbocycles. The lowest BCUT2D eigenvalue weighted by Crippen LogP contribution is -2.39. The highest BCUT2D eigenvalue weighted by atomic mass is 19.4. The molecule has 17 heavy (non-hydrogen) atoms. The number of carbonyl (C=O) groups excluding carboxylic acids is 1. The van der Waals surface area contributed by atoms with Crippen LogP contribution in [-0.2, 0) is 11.2 Å². The summed E-state index contributed by atoms with van der Waals surface area (Å²) in [6, 6.07) is 7.48. The molecule has 0 bridgehead atoms. The van der Waals surface area contributed by atoms with E-state index in [9.17, 15) is 18.0 Å². The Hall–Kier alpha value is -1.52. The van der Waals surface area contributed by atoms with Crippen LogP contribution in [0.5, 0.6) is 0 Å². The summed E-state index contributed by atoms with van der Waals surface area (Å²) in [4.78, 5) is 11.6. The van der Waals surface area contributed by atoms with Gasteiger partial charge in [0, 0.05) is 13.6 Å². The number of hydrogen-bond acceptors (Lipinski definition) is 1. The van der Waals surface area contributed by atoms with E-state index in [0.717, 1.165) is 18.2 Å². The van der Waals surface area contributed by atoms with E-state index in [-0.39, 0.29) is 6.54 Å². The van der Waals surface area contributed by atoms with Crippen LogP contribution in [0.4, 0.5) is 13.2 Å². The average Bonchev–Trinajstić information content (AvgIpc) is 2.23. The van der Waals surface area contributed by atoms with Gasteiger partial charge in [-0.15, -0.1) is 0 Å². The number of carbonyl (C=O) groups is 1. The van der Waals surface area contributed by atoms with Crippen molar-refractivity contribution < 1.29 is 18.0 Å². The number of nitrogens with zero attached hydrogens (tertiary/aromatic N) is 1. The molecule has 0 spiro atoms. The van der Waals surface area contributed by atoms with Crippen LogP contribution >= 0.6 is 0 Å². The second kappa shape index (κ2) is 5.21. The SMILES string of the molecule is Cc1cccc(CCN(C)C(=O)C(F)(F)F)c1. The van der Waals surface area contributed by atoms with Crippen molar-refractivity contribution in [3.8, 4) is 0 Å². The lowest BCUT2D eigenvalue weighted by molar-refractivity contribution is -0.184. The number of halogens is 3. The summed E-state index contributed by atoms with van der Waals surface area (Å²) in [6.07, 6.45) is -4.37. The topological polar surface area (TPSA) is 20.3 Å². The van der Waals surface area contributed by atoms with Crippen LogP contribution in [0, 0.1) is 6.92 Å². The number of hydrogen-bond donors (Lipinski definition) is 0. The monoisotopic (exact) mass is 245 g/mol. The van der Waals surface area contributed by atoms with Crippen LogP contribution in [0.1, 0.15) is 11.1 Å². The third-order valence-corrected chi connectivity index (χ3v) is 2.41. The first-order valence-corrected chi connectivity index (χ1v) is 5.18. The summed E-state index contributed by atoms with van der Waals surface area (Å²) in [7, 11) is 1.16. The quantitative estimate of drug-likeness (QED) is 0.801. The largest absolute Gasteiger partial charge is 0.471 e. The molecule has 2 nitrogen and oxygen atoms in total. The summed E-state index contributed by atoms with van der Waals surface area (Å²) < 4.78 is 36.3. The maximum absolute atomic E-state index is 12.1. The van der Waals surface area contributed by atoms with E-state index in [1.807, 2.05) is 31.2 Å². The van der Waals surface area contributed by atoms with Crippen LogP contribution in [0.25, 0.3) is 0 Å². The van der Waals surface area contributed by atoms with Gasteiger partial charge in [-0.3, -0.25) is 4.79 Å². The summed E-state index contributed by atoms with van der Waals surface area (Å²) in [6.45, 7) is 1.97. The van der Waals surface area contributed by atoms with E-state index in [4.69, 9.17) is 0 Å². The summed E-state index contributed by atoms with van der Waals surface area (Å²) >= 11 is 0. The molecule has 0 saturated carbocycles. The van der Waals surface area contributed by atoms with Gasteiger partial charge in [-0.25, -0.2) is 0 Å². The van der Waals surface area contributed by atoms with Gasteiger partial charge in [0.15, 0.2) is 0 Å². The molecule has 0 saturated heterocycles. The smallest absolute Gasteiger partial charge is 0.338 e. The van der Waals surface area contributed by atoms with E-state index >= 15 is 0 Å². The van der Waals surface area contributed by atoms with Crippen molar-refractivity contribution >= 4 is 5.91 Å². The van der Waals surface area contributed by atoms with Crippen molar-refractivity contribution in [1.82, 2.24) is 4.90 Å². The predicted molar refractivity (Wildman–Crippen MR) is 58.6 cm³/mol. The van der Waals surface area contributed by atoms with Crippen molar-refractivity contribution in [2.45, 2.75) is 19.5 Å². The first kappa shape index (κ1) is 13.5. The fourth-order valence-electron chi connectivity index (χ4n) is 1.48. The van der Waals surface area contributed by atoms with E-state index in [1.165, 1.54) is 0 Å². The molecule has 0 heterocycles. The Morgan fingerprint density at radius 3 is 2.53 bits per heavy atom. The molecule has 0 unspecified atom stereocenters. The zero-order valence-electron chi connectivity index (χ0n) is 9.71. The van der Waals surface area contributed by atoms with Gasteiger partial charge in [-0.05, 0) is 18.9 Å². The Bertz CT molecular complexity index is 401. The molecular weight excluding hydrogens is 231 g/mol. The molecule has 0 fully saturated rings. The molecule has 94 valence electrons. The lowest BCUT2D eigenvalue weighted by Gasteiger charge is -2.18. The van der Waals surface area contributed by atoms with Crippen molar-refractivity contribution in [3.63, 3.8) is 0 Å². The van der Waals surface area contributed by atoms with Gasteiger partial charge >= 0.3 is 12.1 Å². The molecule has 0 aromatic heterocycles. The number of aryl methyl sites for hydroxylation is 1. The molecule has 0 aliphatic heterocycles. The maximum atomic E-state index is 12.1. The van der Waals surface area contributed by atoms with Crippen LogP contribution in [0.15, 0.2) is 24.3 Å². The van der Waals surface area contributed by atoms with Crippen LogP contribution in [0.2, 0.25) is 0 Å². The molecule has 1 rings (SSSR count). The minimum atomic E-state index is -4.79. The molecule has 0 aliphatic rings. The van der Waals surface area contributed by atoms with E-state index < -0.39 is 12.1 Å². The molecule has 0 radical (unpaired) electrons. The van der Waals surface area contributed by atoms with Crippen molar-refractivity contribution in [2.75, 3.05) is 13.6 Å². The predicted octanol–water partition coefficient (Wildman–Crippen LogP) is 2.56. The van der Waals surface area contributed by atoms with E-state index in [0.29, 0.717) is 11.3 Å². The minimum absolute atomic E-state index is 0.0573. The van der Waals surface area contributed by atoms with Gasteiger partial charge in [0.2, 0.25) is 0 Å². The highest BCUT2D eigenvalue weighted by Gasteiger charge is 2.40. The molecular formula is C12H14F3NO. The fourth-order valence-corrected chi connectivity index (χ4v) is 1.48. The average molecular weight is 245 g/mol. The van der Waals surface area contributed by atoms with Crippen molar-refractivity contribution in [3.05, 3.63) is 35.4 Å². The van der Waals surface area contributed by atoms with Gasteiger partial charge in [0.25, 0.3) is 0 Å². The van der Waals surface area contributed by atoms with Gasteiger partial charge < -0.3 is 4.90 Å². The van der Waals surface area contributed by atoms with Crippen molar-refractivity contribution in [1.29, 1.82) is 0 Å². The maximum Gasteiger partial charge on any atom is 0.471 e. The second-order valence-electron chi connectivity index (χ2n) is 3.96. The third kappa shape index (κ3) is 4.09. The highest BCUT2D eigenvalue weighted by molar-refractivity contribution is 5.81. The van der Waals surface area contributed by atoms with Gasteiger partial charge in [0.1, 0.15) is 0 Å².